The van der Waals surface area contributed by atoms with Gasteiger partial charge < -0.3 is 10.7 Å². The smallest absolute Gasteiger partial charge is 0.187 e. The molecule has 5 nitrogen and oxygen atoms in total. The Bertz CT molecular complexity index is 798. The first kappa shape index (κ1) is 14.8. The molecule has 0 unspecified atom stereocenters. The number of H-pyrrole nitrogens is 1. The lowest BCUT2D eigenvalue weighted by molar-refractivity contribution is 0.630. The Hall–Kier alpha value is -2.12. The van der Waals surface area contributed by atoms with Crippen molar-refractivity contribution in [3.8, 4) is 22.6 Å². The molecule has 3 aromatic rings. The molecule has 0 amide bonds. The molecule has 0 aliphatic rings. The second kappa shape index (κ2) is 5.94. The standard InChI is InChI=1S/C14H11ClFN5S/c1-22-14-18-5-7(6-19-14)11-12(17)21-13(20-11)10-8(15)3-2-4-9(10)16/h2-6H,17H2,1H3,(H,20,21). The number of aromatic amines is 1. The summed E-state index contributed by atoms with van der Waals surface area (Å²) in [4.78, 5) is 15.5. The Balaban J connectivity index is 2.07. The van der Waals surface area contributed by atoms with Gasteiger partial charge in [0.25, 0.3) is 0 Å². The first-order valence-electron chi connectivity index (χ1n) is 6.26. The average molecular weight is 336 g/mol. The number of anilines is 1. The summed E-state index contributed by atoms with van der Waals surface area (Å²) in [7, 11) is 0. The van der Waals surface area contributed by atoms with Crippen LogP contribution in [0.4, 0.5) is 10.2 Å². The molecule has 22 heavy (non-hydrogen) atoms. The number of nitrogen functional groups attached to an aromatic ring is 1. The first-order chi connectivity index (χ1) is 10.6. The molecule has 0 aliphatic carbocycles. The van der Waals surface area contributed by atoms with E-state index < -0.39 is 5.82 Å². The molecule has 2 heterocycles. The number of hydrogen-bond donors (Lipinski definition) is 2. The molecule has 3 rings (SSSR count). The molecule has 0 atom stereocenters. The summed E-state index contributed by atoms with van der Waals surface area (Å²) in [6, 6.07) is 4.44. The third-order valence-electron chi connectivity index (χ3n) is 3.03. The summed E-state index contributed by atoms with van der Waals surface area (Å²) >= 11 is 7.48. The Morgan fingerprint density at radius 2 is 2.00 bits per heavy atom. The second-order valence-electron chi connectivity index (χ2n) is 4.40. The van der Waals surface area contributed by atoms with Gasteiger partial charge in [-0.25, -0.2) is 19.3 Å². The molecule has 3 N–H and O–H groups in total. The second-order valence-corrected chi connectivity index (χ2v) is 5.58. The van der Waals surface area contributed by atoms with E-state index in [1.54, 1.807) is 18.5 Å². The molecule has 1 aromatic carbocycles. The van der Waals surface area contributed by atoms with Crippen LogP contribution in [0.25, 0.3) is 22.6 Å². The van der Waals surface area contributed by atoms with E-state index in [1.165, 1.54) is 23.9 Å². The van der Waals surface area contributed by atoms with Gasteiger partial charge in [-0.1, -0.05) is 29.4 Å². The SMILES string of the molecule is CSc1ncc(-c2[nH]c(-c3c(F)cccc3Cl)nc2N)cn1. The van der Waals surface area contributed by atoms with Crippen LogP contribution in [0.15, 0.2) is 35.7 Å². The lowest BCUT2D eigenvalue weighted by atomic mass is 10.2. The number of hydrogen-bond acceptors (Lipinski definition) is 5. The number of halogens is 2. The third-order valence-corrected chi connectivity index (χ3v) is 3.92. The van der Waals surface area contributed by atoms with Gasteiger partial charge >= 0.3 is 0 Å². The van der Waals surface area contributed by atoms with Gasteiger partial charge in [0, 0.05) is 18.0 Å². The molecule has 112 valence electrons. The molecule has 2 aromatic heterocycles. The van der Waals surface area contributed by atoms with Crippen molar-refractivity contribution in [1.29, 1.82) is 0 Å². The van der Waals surface area contributed by atoms with Gasteiger partial charge in [-0.3, -0.25) is 0 Å². The van der Waals surface area contributed by atoms with Gasteiger partial charge in [-0.05, 0) is 18.4 Å². The highest BCUT2D eigenvalue weighted by Crippen LogP contribution is 2.32. The maximum atomic E-state index is 14.0. The number of nitrogens with zero attached hydrogens (tertiary/aromatic N) is 3. The number of aromatic nitrogens is 4. The summed E-state index contributed by atoms with van der Waals surface area (Å²) in [5.41, 5.74) is 7.29. The van der Waals surface area contributed by atoms with Gasteiger partial charge in [-0.2, -0.15) is 0 Å². The van der Waals surface area contributed by atoms with Crippen molar-refractivity contribution in [3.05, 3.63) is 41.4 Å². The summed E-state index contributed by atoms with van der Waals surface area (Å²) in [5, 5.41) is 0.911. The minimum absolute atomic E-state index is 0.184. The van der Waals surface area contributed by atoms with E-state index in [4.69, 9.17) is 17.3 Å². The molecular weight excluding hydrogens is 325 g/mol. The Labute approximate surface area is 135 Å². The zero-order valence-corrected chi connectivity index (χ0v) is 13.0. The van der Waals surface area contributed by atoms with E-state index in [9.17, 15) is 4.39 Å². The van der Waals surface area contributed by atoms with Crippen LogP contribution in [0.5, 0.6) is 0 Å². The minimum Gasteiger partial charge on any atom is -0.382 e. The Morgan fingerprint density at radius 1 is 1.27 bits per heavy atom. The van der Waals surface area contributed by atoms with Crippen molar-refractivity contribution < 1.29 is 4.39 Å². The quantitative estimate of drug-likeness (QED) is 0.564. The zero-order chi connectivity index (χ0) is 15.7. The van der Waals surface area contributed by atoms with Crippen LogP contribution in [0.2, 0.25) is 5.02 Å². The fourth-order valence-corrected chi connectivity index (χ4v) is 2.57. The van der Waals surface area contributed by atoms with Crippen molar-refractivity contribution in [1.82, 2.24) is 19.9 Å². The molecule has 0 fully saturated rings. The van der Waals surface area contributed by atoms with E-state index in [0.29, 0.717) is 16.4 Å². The normalized spacial score (nSPS) is 10.9. The maximum Gasteiger partial charge on any atom is 0.187 e. The topological polar surface area (TPSA) is 80.5 Å². The number of benzene rings is 1. The van der Waals surface area contributed by atoms with E-state index >= 15 is 0 Å². The van der Waals surface area contributed by atoms with Gasteiger partial charge in [-0.15, -0.1) is 0 Å². The fourth-order valence-electron chi connectivity index (χ4n) is 2.00. The Kier molecular flexibility index (Phi) is 4.00. The summed E-state index contributed by atoms with van der Waals surface area (Å²) in [5.74, 6) is 0.0288. The molecule has 8 heteroatoms. The van der Waals surface area contributed by atoms with Crippen LogP contribution in [0.1, 0.15) is 0 Å². The molecule has 0 saturated heterocycles. The Morgan fingerprint density at radius 3 is 2.64 bits per heavy atom. The fraction of sp³-hybridized carbons (Fsp3) is 0.0714. The van der Waals surface area contributed by atoms with Crippen molar-refractivity contribution in [2.24, 2.45) is 0 Å². The predicted molar refractivity (Wildman–Crippen MR) is 86.2 cm³/mol. The highest BCUT2D eigenvalue weighted by Gasteiger charge is 2.17. The van der Waals surface area contributed by atoms with Crippen LogP contribution in [0.3, 0.4) is 0 Å². The third kappa shape index (κ3) is 2.65. The number of nitrogens with one attached hydrogen (secondary N) is 1. The van der Waals surface area contributed by atoms with Crippen molar-refractivity contribution in [2.45, 2.75) is 5.16 Å². The van der Waals surface area contributed by atoms with Gasteiger partial charge in [0.1, 0.15) is 17.5 Å². The van der Waals surface area contributed by atoms with E-state index in [1.807, 2.05) is 6.26 Å². The van der Waals surface area contributed by atoms with Crippen LogP contribution in [-0.4, -0.2) is 26.2 Å². The van der Waals surface area contributed by atoms with Crippen molar-refractivity contribution >= 4 is 29.2 Å². The van der Waals surface area contributed by atoms with Gasteiger partial charge in [0.05, 0.1) is 16.3 Å². The van der Waals surface area contributed by atoms with Gasteiger partial charge in [0.2, 0.25) is 0 Å². The molecule has 0 bridgehead atoms. The summed E-state index contributed by atoms with van der Waals surface area (Å²) < 4.78 is 14.0. The largest absolute Gasteiger partial charge is 0.382 e. The van der Waals surface area contributed by atoms with Crippen molar-refractivity contribution in [2.75, 3.05) is 12.0 Å². The van der Waals surface area contributed by atoms with E-state index in [2.05, 4.69) is 19.9 Å². The highest BCUT2D eigenvalue weighted by atomic mass is 35.5. The summed E-state index contributed by atoms with van der Waals surface area (Å²) in [6.07, 6.45) is 5.16. The zero-order valence-electron chi connectivity index (χ0n) is 11.5. The number of thioether (sulfide) groups is 1. The lowest BCUT2D eigenvalue weighted by Crippen LogP contribution is -1.91. The number of rotatable bonds is 3. The molecule has 0 spiro atoms. The lowest BCUT2D eigenvalue weighted by Gasteiger charge is -2.02. The molecule has 0 radical (unpaired) electrons. The van der Waals surface area contributed by atoms with E-state index in [0.717, 1.165) is 0 Å². The van der Waals surface area contributed by atoms with Crippen LogP contribution in [0, 0.1) is 5.82 Å². The molecular formula is C14H11ClFN5S. The number of nitrogens with two attached hydrogens (primary N) is 1. The maximum absolute atomic E-state index is 14.0. The monoisotopic (exact) mass is 335 g/mol. The molecule has 0 saturated carbocycles. The van der Waals surface area contributed by atoms with Gasteiger partial charge in [0.15, 0.2) is 5.16 Å². The van der Waals surface area contributed by atoms with Crippen LogP contribution in [-0.2, 0) is 0 Å². The number of imidazole rings is 1. The molecule has 0 aliphatic heterocycles. The minimum atomic E-state index is -0.471. The summed E-state index contributed by atoms with van der Waals surface area (Å²) in [6.45, 7) is 0. The first-order valence-corrected chi connectivity index (χ1v) is 7.86. The van der Waals surface area contributed by atoms with E-state index in [-0.39, 0.29) is 22.2 Å². The van der Waals surface area contributed by atoms with Crippen molar-refractivity contribution in [3.63, 3.8) is 0 Å². The average Bonchev–Trinajstić information content (AvgIpc) is 2.89. The highest BCUT2D eigenvalue weighted by molar-refractivity contribution is 7.98. The van der Waals surface area contributed by atoms with Crippen LogP contribution < -0.4 is 5.73 Å². The predicted octanol–water partition coefficient (Wildman–Crippen LogP) is 3.63. The van der Waals surface area contributed by atoms with Crippen LogP contribution >= 0.6 is 23.4 Å².